The summed E-state index contributed by atoms with van der Waals surface area (Å²) in [6.07, 6.45) is 17.3. The monoisotopic (exact) mass is 398 g/mol. The topological polar surface area (TPSA) is 0 Å². The SMILES string of the molecule is CC1(c2c3c(c(I)c4ccccc24)=CCCC=3)C=CC=CC1. The molecule has 1 unspecified atom stereocenters. The highest BCUT2D eigenvalue weighted by Crippen LogP contribution is 2.35. The van der Waals surface area contributed by atoms with Crippen LogP contribution in [0.5, 0.6) is 0 Å². The molecule has 0 radical (unpaired) electrons. The van der Waals surface area contributed by atoms with Gasteiger partial charge in [0.2, 0.25) is 0 Å². The van der Waals surface area contributed by atoms with Gasteiger partial charge in [0.15, 0.2) is 0 Å². The summed E-state index contributed by atoms with van der Waals surface area (Å²) in [7, 11) is 0. The van der Waals surface area contributed by atoms with E-state index in [1.807, 2.05) is 0 Å². The molecule has 0 nitrogen and oxygen atoms in total. The zero-order chi connectivity index (χ0) is 15.2. The van der Waals surface area contributed by atoms with Gasteiger partial charge in [-0.2, -0.15) is 0 Å². The van der Waals surface area contributed by atoms with Crippen LogP contribution in [0.25, 0.3) is 22.9 Å². The predicted molar refractivity (Wildman–Crippen MR) is 104 cm³/mol. The highest BCUT2D eigenvalue weighted by Gasteiger charge is 2.28. The van der Waals surface area contributed by atoms with Crippen LogP contribution in [0.3, 0.4) is 0 Å². The van der Waals surface area contributed by atoms with E-state index in [1.54, 1.807) is 0 Å². The molecule has 0 spiro atoms. The maximum atomic E-state index is 2.53. The molecule has 110 valence electrons. The van der Waals surface area contributed by atoms with Gasteiger partial charge < -0.3 is 0 Å². The molecule has 0 amide bonds. The van der Waals surface area contributed by atoms with Crippen molar-refractivity contribution in [3.8, 4) is 0 Å². The van der Waals surface area contributed by atoms with Gasteiger partial charge in [-0.05, 0) is 68.6 Å². The van der Waals surface area contributed by atoms with E-state index in [0.29, 0.717) is 0 Å². The van der Waals surface area contributed by atoms with Gasteiger partial charge in [0, 0.05) is 8.99 Å². The average molecular weight is 398 g/mol. The Hall–Kier alpha value is -1.35. The maximum absolute atomic E-state index is 2.53. The molecule has 0 saturated heterocycles. The summed E-state index contributed by atoms with van der Waals surface area (Å²) in [5, 5.41) is 5.73. The van der Waals surface area contributed by atoms with E-state index in [2.05, 4.69) is 90.2 Å². The molecular formula is C21H19I. The largest absolute Gasteiger partial charge is 0.0834 e. The molecule has 4 rings (SSSR count). The molecule has 1 atom stereocenters. The average Bonchev–Trinajstić information content (AvgIpc) is 2.56. The van der Waals surface area contributed by atoms with Crippen LogP contribution < -0.4 is 10.4 Å². The third-order valence-electron chi connectivity index (χ3n) is 4.92. The van der Waals surface area contributed by atoms with Crippen molar-refractivity contribution in [1.82, 2.24) is 0 Å². The van der Waals surface area contributed by atoms with Crippen molar-refractivity contribution in [3.63, 3.8) is 0 Å². The number of rotatable bonds is 1. The number of hydrogen-bond donors (Lipinski definition) is 0. The number of hydrogen-bond acceptors (Lipinski definition) is 0. The van der Waals surface area contributed by atoms with Crippen molar-refractivity contribution in [2.24, 2.45) is 0 Å². The second-order valence-electron chi connectivity index (χ2n) is 6.46. The fourth-order valence-corrected chi connectivity index (χ4v) is 4.81. The van der Waals surface area contributed by atoms with E-state index >= 15 is 0 Å². The van der Waals surface area contributed by atoms with Crippen LogP contribution in [0.4, 0.5) is 0 Å². The van der Waals surface area contributed by atoms with E-state index in [4.69, 9.17) is 0 Å². The Kier molecular flexibility index (Phi) is 3.48. The molecule has 0 fully saturated rings. The molecule has 0 heterocycles. The second kappa shape index (κ2) is 5.38. The first-order chi connectivity index (χ1) is 10.7. The van der Waals surface area contributed by atoms with E-state index in [-0.39, 0.29) is 5.41 Å². The number of halogens is 1. The van der Waals surface area contributed by atoms with Gasteiger partial charge in [-0.1, -0.05) is 67.6 Å². The molecule has 22 heavy (non-hydrogen) atoms. The van der Waals surface area contributed by atoms with Gasteiger partial charge in [-0.3, -0.25) is 0 Å². The predicted octanol–water partition coefficient (Wildman–Crippen LogP) is 4.57. The van der Waals surface area contributed by atoms with Gasteiger partial charge in [0.05, 0.1) is 0 Å². The Morgan fingerprint density at radius 3 is 2.41 bits per heavy atom. The van der Waals surface area contributed by atoms with Crippen LogP contribution in [0, 0.1) is 3.57 Å². The standard InChI is InChI=1S/C21H19I/c1-21(13-7-2-8-14-21)19-15-9-3-5-11-17(15)20(22)18-12-6-4-10-16(18)19/h2-3,5,7-13H,4,6,14H2,1H3. The van der Waals surface area contributed by atoms with Gasteiger partial charge >= 0.3 is 0 Å². The van der Waals surface area contributed by atoms with Crippen LogP contribution in [0.15, 0.2) is 48.6 Å². The van der Waals surface area contributed by atoms with Crippen molar-refractivity contribution in [2.75, 3.05) is 0 Å². The summed E-state index contributed by atoms with van der Waals surface area (Å²) in [6, 6.07) is 8.90. The summed E-state index contributed by atoms with van der Waals surface area (Å²) in [6.45, 7) is 2.38. The third-order valence-corrected chi connectivity index (χ3v) is 6.08. The van der Waals surface area contributed by atoms with Gasteiger partial charge in [-0.15, -0.1) is 0 Å². The normalized spacial score (nSPS) is 23.0. The minimum absolute atomic E-state index is 0.0878. The van der Waals surface area contributed by atoms with E-state index < -0.39 is 0 Å². The fraction of sp³-hybridized carbons (Fsp3) is 0.238. The summed E-state index contributed by atoms with van der Waals surface area (Å²) >= 11 is 2.53. The summed E-state index contributed by atoms with van der Waals surface area (Å²) in [5.41, 5.74) is 1.60. The van der Waals surface area contributed by atoms with Crippen LogP contribution in [0.2, 0.25) is 0 Å². The lowest BCUT2D eigenvalue weighted by Gasteiger charge is -2.30. The molecule has 0 N–H and O–H groups in total. The molecule has 0 aromatic heterocycles. The zero-order valence-electron chi connectivity index (χ0n) is 12.8. The molecule has 0 bridgehead atoms. The number of benzene rings is 2. The summed E-state index contributed by atoms with van der Waals surface area (Å²) in [4.78, 5) is 0. The minimum Gasteiger partial charge on any atom is -0.0834 e. The molecule has 2 aliphatic rings. The van der Waals surface area contributed by atoms with Gasteiger partial charge in [0.25, 0.3) is 0 Å². The van der Waals surface area contributed by atoms with E-state index in [9.17, 15) is 0 Å². The molecule has 2 aliphatic carbocycles. The highest BCUT2D eigenvalue weighted by molar-refractivity contribution is 14.1. The van der Waals surface area contributed by atoms with Gasteiger partial charge in [0.1, 0.15) is 0 Å². The van der Waals surface area contributed by atoms with E-state index in [1.165, 1.54) is 30.3 Å². The van der Waals surface area contributed by atoms with Gasteiger partial charge in [-0.25, -0.2) is 0 Å². The first-order valence-electron chi connectivity index (χ1n) is 7.96. The Morgan fingerprint density at radius 2 is 1.68 bits per heavy atom. The molecular weight excluding hydrogens is 379 g/mol. The van der Waals surface area contributed by atoms with Crippen LogP contribution in [-0.2, 0) is 5.41 Å². The molecule has 1 heteroatoms. The molecule has 0 saturated carbocycles. The first-order valence-corrected chi connectivity index (χ1v) is 9.04. The lowest BCUT2D eigenvalue weighted by Crippen LogP contribution is -2.39. The van der Waals surface area contributed by atoms with E-state index in [0.717, 1.165) is 19.3 Å². The van der Waals surface area contributed by atoms with Crippen molar-refractivity contribution in [2.45, 2.75) is 31.6 Å². The summed E-state index contributed by atoms with van der Waals surface area (Å²) < 4.78 is 1.40. The number of allylic oxidation sites excluding steroid dienone is 4. The highest BCUT2D eigenvalue weighted by atomic mass is 127. The van der Waals surface area contributed by atoms with Crippen LogP contribution in [0.1, 0.15) is 31.7 Å². The smallest absolute Gasteiger partial charge is 0.0284 e. The Bertz CT molecular complexity index is 931. The number of fused-ring (bicyclic) bond motifs is 2. The van der Waals surface area contributed by atoms with Crippen molar-refractivity contribution in [1.29, 1.82) is 0 Å². The second-order valence-corrected chi connectivity index (χ2v) is 7.54. The third kappa shape index (κ3) is 2.10. The fourth-order valence-electron chi connectivity index (χ4n) is 3.83. The first kappa shape index (κ1) is 14.3. The molecule has 2 aromatic rings. The maximum Gasteiger partial charge on any atom is 0.0284 e. The lowest BCUT2D eigenvalue weighted by molar-refractivity contribution is 0.600. The lowest BCUT2D eigenvalue weighted by atomic mass is 9.73. The summed E-state index contributed by atoms with van der Waals surface area (Å²) in [5.74, 6) is 0. The zero-order valence-corrected chi connectivity index (χ0v) is 14.9. The van der Waals surface area contributed by atoms with Crippen molar-refractivity contribution >= 4 is 45.5 Å². The Labute approximate surface area is 145 Å². The Morgan fingerprint density at radius 1 is 0.955 bits per heavy atom. The van der Waals surface area contributed by atoms with Crippen LogP contribution in [-0.4, -0.2) is 0 Å². The molecule has 0 aliphatic heterocycles. The quantitative estimate of drug-likeness (QED) is 0.618. The Balaban J connectivity index is 2.21. The molecule has 2 aromatic carbocycles. The minimum atomic E-state index is 0.0878. The van der Waals surface area contributed by atoms with Crippen molar-refractivity contribution < 1.29 is 0 Å². The van der Waals surface area contributed by atoms with Crippen LogP contribution >= 0.6 is 22.6 Å². The van der Waals surface area contributed by atoms with Crippen molar-refractivity contribution in [3.05, 3.63) is 68.1 Å².